The van der Waals surface area contributed by atoms with Crippen molar-refractivity contribution in [3.63, 3.8) is 0 Å². The minimum atomic E-state index is -1.54. The van der Waals surface area contributed by atoms with E-state index in [1.165, 1.54) is 14.0 Å². The van der Waals surface area contributed by atoms with Crippen molar-refractivity contribution < 1.29 is 19.2 Å². The minimum absolute atomic E-state index is 0.0828. The molecule has 1 atom stereocenters. The Labute approximate surface area is 93.6 Å². The molecule has 0 bridgehead atoms. The fourth-order valence-electron chi connectivity index (χ4n) is 1.22. The smallest absolute Gasteiger partial charge is 0.338 e. The maximum absolute atomic E-state index is 11.1. The summed E-state index contributed by atoms with van der Waals surface area (Å²) in [6, 6.07) is 1.78. The highest BCUT2D eigenvalue weighted by Gasteiger charge is 2.30. The number of hydrogen-bond acceptors (Lipinski definition) is 6. The van der Waals surface area contributed by atoms with Gasteiger partial charge in [0.2, 0.25) is 0 Å². The lowest BCUT2D eigenvalue weighted by molar-refractivity contribution is -0.159. The molecule has 0 saturated carbocycles. The number of esters is 1. The number of carbonyl (C=O) groups is 1. The van der Waals surface area contributed by atoms with Crippen LogP contribution in [0.5, 0.6) is 0 Å². The molecule has 6 heteroatoms. The summed E-state index contributed by atoms with van der Waals surface area (Å²) in [6.45, 7) is 3.68. The Hall–Kier alpha value is -1.40. The summed E-state index contributed by atoms with van der Waals surface area (Å²) in [7, 11) is 1.23. The second-order valence-electron chi connectivity index (χ2n) is 3.80. The van der Waals surface area contributed by atoms with Crippen LogP contribution in [-0.4, -0.2) is 35.5 Å². The van der Waals surface area contributed by atoms with Crippen LogP contribution in [0.25, 0.3) is 0 Å². The van der Waals surface area contributed by atoms with Gasteiger partial charge >= 0.3 is 5.97 Å². The lowest BCUT2D eigenvalue weighted by Crippen LogP contribution is -2.45. The molecule has 0 aliphatic rings. The van der Waals surface area contributed by atoms with Crippen LogP contribution in [0.1, 0.15) is 18.4 Å². The average molecular weight is 228 g/mol. The van der Waals surface area contributed by atoms with Gasteiger partial charge in [-0.3, -0.25) is 0 Å². The Kier molecular flexibility index (Phi) is 4.03. The molecule has 90 valence electrons. The monoisotopic (exact) mass is 228 g/mol. The Morgan fingerprint density at radius 1 is 1.75 bits per heavy atom. The van der Waals surface area contributed by atoms with E-state index < -0.39 is 11.6 Å². The first kappa shape index (κ1) is 12.7. The normalized spacial score (nSPS) is 14.5. The quantitative estimate of drug-likeness (QED) is 0.690. The van der Waals surface area contributed by atoms with E-state index in [0.717, 1.165) is 5.69 Å². The zero-order valence-corrected chi connectivity index (χ0v) is 9.61. The molecule has 0 saturated heterocycles. The predicted octanol–water partition coefficient (Wildman–Crippen LogP) is -0.00338. The number of nitrogens with one attached hydrogen (secondary N) is 1. The standard InChI is InChI=1S/C10H16N2O4/c1-7-4-8(16-12-7)5-11-6-10(2,14)9(13)15-3/h4,11,14H,5-6H2,1-3H3. The van der Waals surface area contributed by atoms with Gasteiger partial charge in [0.25, 0.3) is 0 Å². The van der Waals surface area contributed by atoms with Crippen LogP contribution < -0.4 is 5.32 Å². The van der Waals surface area contributed by atoms with Crippen LogP contribution >= 0.6 is 0 Å². The van der Waals surface area contributed by atoms with E-state index >= 15 is 0 Å². The fraction of sp³-hybridized carbons (Fsp3) is 0.600. The van der Waals surface area contributed by atoms with E-state index in [1.807, 2.05) is 6.92 Å². The van der Waals surface area contributed by atoms with Crippen LogP contribution in [0.15, 0.2) is 10.6 Å². The molecule has 1 unspecified atom stereocenters. The van der Waals surface area contributed by atoms with E-state index in [2.05, 4.69) is 15.2 Å². The van der Waals surface area contributed by atoms with Gasteiger partial charge in [0.1, 0.15) is 0 Å². The average Bonchev–Trinajstić information content (AvgIpc) is 2.62. The number of aryl methyl sites for hydroxylation is 1. The lowest BCUT2D eigenvalue weighted by atomic mass is 10.1. The molecule has 0 fully saturated rings. The van der Waals surface area contributed by atoms with Crippen molar-refractivity contribution in [2.45, 2.75) is 26.0 Å². The summed E-state index contributed by atoms with van der Waals surface area (Å²) in [5.41, 5.74) is -0.749. The zero-order chi connectivity index (χ0) is 12.2. The Morgan fingerprint density at radius 3 is 2.94 bits per heavy atom. The Morgan fingerprint density at radius 2 is 2.44 bits per heavy atom. The van der Waals surface area contributed by atoms with Crippen molar-refractivity contribution in [1.29, 1.82) is 0 Å². The summed E-state index contributed by atoms with van der Waals surface area (Å²) < 4.78 is 9.41. The first-order chi connectivity index (χ1) is 7.45. The van der Waals surface area contributed by atoms with Crippen molar-refractivity contribution in [2.75, 3.05) is 13.7 Å². The highest BCUT2D eigenvalue weighted by Crippen LogP contribution is 2.05. The highest BCUT2D eigenvalue weighted by atomic mass is 16.5. The zero-order valence-electron chi connectivity index (χ0n) is 9.61. The van der Waals surface area contributed by atoms with Crippen molar-refractivity contribution >= 4 is 5.97 Å². The molecule has 0 aliphatic carbocycles. The van der Waals surface area contributed by atoms with Crippen molar-refractivity contribution in [2.24, 2.45) is 0 Å². The van der Waals surface area contributed by atoms with Crippen LogP contribution in [0.3, 0.4) is 0 Å². The van der Waals surface area contributed by atoms with Crippen LogP contribution in [0.2, 0.25) is 0 Å². The molecule has 16 heavy (non-hydrogen) atoms. The molecular formula is C10H16N2O4. The number of aromatic nitrogens is 1. The first-order valence-corrected chi connectivity index (χ1v) is 4.89. The lowest BCUT2D eigenvalue weighted by Gasteiger charge is -2.19. The Balaban J connectivity index is 2.38. The second-order valence-corrected chi connectivity index (χ2v) is 3.80. The van der Waals surface area contributed by atoms with Crippen molar-refractivity contribution in [3.8, 4) is 0 Å². The summed E-state index contributed by atoms with van der Waals surface area (Å²) in [5, 5.41) is 16.3. The predicted molar refractivity (Wildman–Crippen MR) is 55.6 cm³/mol. The molecule has 0 spiro atoms. The van der Waals surface area contributed by atoms with Crippen molar-refractivity contribution in [3.05, 3.63) is 17.5 Å². The van der Waals surface area contributed by atoms with E-state index in [-0.39, 0.29) is 6.54 Å². The van der Waals surface area contributed by atoms with E-state index in [4.69, 9.17) is 4.52 Å². The van der Waals surface area contributed by atoms with Gasteiger partial charge in [0.15, 0.2) is 11.4 Å². The van der Waals surface area contributed by atoms with E-state index in [1.54, 1.807) is 6.07 Å². The van der Waals surface area contributed by atoms with Gasteiger partial charge in [0, 0.05) is 12.6 Å². The molecule has 6 nitrogen and oxygen atoms in total. The van der Waals surface area contributed by atoms with Gasteiger partial charge in [-0.05, 0) is 13.8 Å². The number of rotatable bonds is 5. The van der Waals surface area contributed by atoms with Gasteiger partial charge in [-0.1, -0.05) is 5.16 Å². The highest BCUT2D eigenvalue weighted by molar-refractivity contribution is 5.78. The maximum atomic E-state index is 11.1. The third-order valence-electron chi connectivity index (χ3n) is 2.07. The van der Waals surface area contributed by atoms with E-state index in [0.29, 0.717) is 12.3 Å². The first-order valence-electron chi connectivity index (χ1n) is 4.89. The second kappa shape index (κ2) is 5.09. The summed E-state index contributed by atoms with van der Waals surface area (Å²) in [6.07, 6.45) is 0. The van der Waals surface area contributed by atoms with Crippen LogP contribution in [0, 0.1) is 6.92 Å². The van der Waals surface area contributed by atoms with Gasteiger partial charge in [-0.15, -0.1) is 0 Å². The molecule has 0 amide bonds. The van der Waals surface area contributed by atoms with Crippen LogP contribution in [-0.2, 0) is 16.1 Å². The summed E-state index contributed by atoms with van der Waals surface area (Å²) >= 11 is 0. The molecule has 0 aliphatic heterocycles. The largest absolute Gasteiger partial charge is 0.467 e. The molecule has 1 aromatic rings. The maximum Gasteiger partial charge on any atom is 0.338 e. The topological polar surface area (TPSA) is 84.6 Å². The number of hydrogen-bond donors (Lipinski definition) is 2. The Bertz CT molecular complexity index is 359. The molecular weight excluding hydrogens is 212 g/mol. The molecule has 1 heterocycles. The number of methoxy groups -OCH3 is 1. The third-order valence-corrected chi connectivity index (χ3v) is 2.07. The van der Waals surface area contributed by atoms with Crippen LogP contribution in [0.4, 0.5) is 0 Å². The molecule has 0 radical (unpaired) electrons. The SMILES string of the molecule is COC(=O)C(C)(O)CNCc1cc(C)no1. The minimum Gasteiger partial charge on any atom is -0.467 e. The van der Waals surface area contributed by atoms with E-state index in [9.17, 15) is 9.90 Å². The van der Waals surface area contributed by atoms with Gasteiger partial charge in [0.05, 0.1) is 19.3 Å². The number of ether oxygens (including phenoxy) is 1. The van der Waals surface area contributed by atoms with Gasteiger partial charge < -0.3 is 19.7 Å². The molecule has 0 aromatic carbocycles. The number of aliphatic hydroxyl groups is 1. The molecule has 1 aromatic heterocycles. The number of carbonyl (C=O) groups excluding carboxylic acids is 1. The van der Waals surface area contributed by atoms with Gasteiger partial charge in [-0.25, -0.2) is 4.79 Å². The fourth-order valence-corrected chi connectivity index (χ4v) is 1.22. The molecule has 2 N–H and O–H groups in total. The van der Waals surface area contributed by atoms with Gasteiger partial charge in [-0.2, -0.15) is 0 Å². The summed E-state index contributed by atoms with van der Waals surface area (Å²) in [4.78, 5) is 11.1. The number of nitrogens with zero attached hydrogens (tertiary/aromatic N) is 1. The molecule has 1 rings (SSSR count). The van der Waals surface area contributed by atoms with Crippen molar-refractivity contribution in [1.82, 2.24) is 10.5 Å². The third kappa shape index (κ3) is 3.32. The summed E-state index contributed by atoms with van der Waals surface area (Å²) in [5.74, 6) is -0.0214.